The summed E-state index contributed by atoms with van der Waals surface area (Å²) >= 11 is 0. The van der Waals surface area contributed by atoms with Crippen LogP contribution in [0.4, 0.5) is 52.7 Å². The molecule has 8 rings (SSSR count). The Morgan fingerprint density at radius 3 is 1.06 bits per heavy atom. The van der Waals surface area contributed by atoms with Crippen LogP contribution in [0.1, 0.15) is 135 Å². The van der Waals surface area contributed by atoms with Crippen LogP contribution < -0.4 is 21.3 Å². The van der Waals surface area contributed by atoms with Gasteiger partial charge in [0.1, 0.15) is 0 Å². The van der Waals surface area contributed by atoms with Crippen molar-refractivity contribution in [2.75, 3.05) is 26.3 Å². The molecule has 0 unspecified atom stereocenters. The van der Waals surface area contributed by atoms with Gasteiger partial charge in [-0.15, -0.1) is 0 Å². The number of piperidine rings is 4. The number of carbonyl (C=O) groups excluding carboxylic acids is 2. The molecule has 4 saturated heterocycles. The Bertz CT molecular complexity index is 2260. The first-order valence-corrected chi connectivity index (χ1v) is 23.7. The van der Waals surface area contributed by atoms with Gasteiger partial charge in [0.25, 0.3) is 0 Å². The minimum Gasteiger partial charge on any atom is -0.372 e. The van der Waals surface area contributed by atoms with E-state index >= 15 is 0 Å². The molecule has 2 amide bonds. The molecular weight excluding hydrogens is 973 g/mol. The Hall–Kier alpha value is -5.18. The maximum Gasteiger partial charge on any atom is 0.416 e. The van der Waals surface area contributed by atoms with Gasteiger partial charge in [-0.1, -0.05) is 60.7 Å². The second-order valence-corrected chi connectivity index (χ2v) is 19.6. The summed E-state index contributed by atoms with van der Waals surface area (Å²) in [5.41, 5.74) is -6.25. The summed E-state index contributed by atoms with van der Waals surface area (Å²) in [5.74, 6) is 0.00953. The van der Waals surface area contributed by atoms with Crippen molar-refractivity contribution in [1.82, 2.24) is 21.3 Å². The Balaban J connectivity index is 0.000000211. The van der Waals surface area contributed by atoms with E-state index in [2.05, 4.69) is 21.3 Å². The van der Waals surface area contributed by atoms with Crippen molar-refractivity contribution in [1.29, 1.82) is 0 Å². The van der Waals surface area contributed by atoms with E-state index in [9.17, 15) is 62.3 Å². The van der Waals surface area contributed by atoms with E-state index in [0.717, 1.165) is 36.8 Å². The molecule has 0 radical (unpaired) electrons. The largest absolute Gasteiger partial charge is 0.416 e. The van der Waals surface area contributed by atoms with E-state index in [1.807, 2.05) is 60.7 Å². The van der Waals surface area contributed by atoms with Gasteiger partial charge < -0.3 is 30.7 Å². The molecule has 20 heteroatoms. The van der Waals surface area contributed by atoms with Gasteiger partial charge in [0.05, 0.1) is 69.8 Å². The third-order valence-corrected chi connectivity index (χ3v) is 14.5. The van der Waals surface area contributed by atoms with Crippen LogP contribution in [0.2, 0.25) is 0 Å². The van der Waals surface area contributed by atoms with Crippen LogP contribution in [0.25, 0.3) is 0 Å². The predicted octanol–water partition coefficient (Wildman–Crippen LogP) is 12.2. The van der Waals surface area contributed by atoms with Crippen molar-refractivity contribution in [3.63, 3.8) is 0 Å². The number of alkyl halides is 12. The van der Waals surface area contributed by atoms with Crippen LogP contribution in [0.15, 0.2) is 97.1 Å². The number of rotatable bonds is 10. The third kappa shape index (κ3) is 12.9. The standard InChI is InChI=1S/2C26H28F6N2O2/c2*1-17(18-12-20(25(27,28)29)14-21(13-18)26(30,31)32)36-16-24(19-6-3-2-4-7-19)11-10-23(15-33-24)9-5-8-22(35)34-23/h2*2-4,6-7,12-14,17,33H,5,8-11,15-16H2,1H3,(H,34,35)/t17-,23+,24-;17-,23-,24-/m11/s1. The summed E-state index contributed by atoms with van der Waals surface area (Å²) in [6, 6.07) is 21.8. The van der Waals surface area contributed by atoms with Crippen molar-refractivity contribution < 1.29 is 71.7 Å². The van der Waals surface area contributed by atoms with E-state index in [-0.39, 0.29) is 59.4 Å². The predicted molar refractivity (Wildman–Crippen MR) is 242 cm³/mol. The monoisotopic (exact) mass is 1030 g/mol. The van der Waals surface area contributed by atoms with Crippen molar-refractivity contribution in [2.45, 2.75) is 137 Å². The molecule has 4 aliphatic rings. The highest BCUT2D eigenvalue weighted by Gasteiger charge is 2.48. The number of hydrogen-bond donors (Lipinski definition) is 4. The fourth-order valence-corrected chi connectivity index (χ4v) is 10.2. The van der Waals surface area contributed by atoms with Crippen LogP contribution in [-0.2, 0) is 54.8 Å². The van der Waals surface area contributed by atoms with Crippen molar-refractivity contribution in [3.8, 4) is 0 Å². The number of carbonyl (C=O) groups is 2. The van der Waals surface area contributed by atoms with E-state index in [4.69, 9.17) is 9.47 Å². The average Bonchev–Trinajstić information content (AvgIpc) is 3.33. The lowest BCUT2D eigenvalue weighted by Gasteiger charge is -2.49. The Morgan fingerprint density at radius 1 is 0.472 bits per heavy atom. The molecule has 8 nitrogen and oxygen atoms in total. The summed E-state index contributed by atoms with van der Waals surface area (Å²) in [6.45, 7) is 3.90. The Labute approximate surface area is 409 Å². The number of benzene rings is 4. The minimum atomic E-state index is -4.93. The van der Waals surface area contributed by atoms with Crippen molar-refractivity contribution >= 4 is 11.8 Å². The van der Waals surface area contributed by atoms with E-state index in [0.29, 0.717) is 75.9 Å². The fraction of sp³-hybridized carbons (Fsp3) is 0.500. The first-order valence-electron chi connectivity index (χ1n) is 23.7. The molecular formula is C52H56F12N4O4. The maximum absolute atomic E-state index is 13.3. The molecule has 0 bridgehead atoms. The molecule has 392 valence electrons. The third-order valence-electron chi connectivity index (χ3n) is 14.5. The Morgan fingerprint density at radius 2 is 0.792 bits per heavy atom. The van der Waals surface area contributed by atoms with Gasteiger partial charge in [-0.3, -0.25) is 9.59 Å². The summed E-state index contributed by atoms with van der Waals surface area (Å²) in [7, 11) is 0. The molecule has 6 atom stereocenters. The molecule has 2 spiro atoms. The fourth-order valence-electron chi connectivity index (χ4n) is 10.2. The van der Waals surface area contributed by atoms with Gasteiger partial charge in [0.15, 0.2) is 0 Å². The number of halogens is 12. The maximum atomic E-state index is 13.3. The smallest absolute Gasteiger partial charge is 0.372 e. The topological polar surface area (TPSA) is 101 Å². The number of nitrogens with one attached hydrogen (secondary N) is 4. The van der Waals surface area contributed by atoms with Crippen LogP contribution >= 0.6 is 0 Å². The Kier molecular flexibility index (Phi) is 15.9. The minimum absolute atomic E-state index is 0.00477. The summed E-state index contributed by atoms with van der Waals surface area (Å²) < 4.78 is 172. The zero-order valence-electron chi connectivity index (χ0n) is 39.5. The molecule has 4 heterocycles. The van der Waals surface area contributed by atoms with Crippen LogP contribution in [0.5, 0.6) is 0 Å². The highest BCUT2D eigenvalue weighted by Crippen LogP contribution is 2.43. The quantitative estimate of drug-likeness (QED) is 0.118. The molecule has 4 aliphatic heterocycles. The number of ether oxygens (including phenoxy) is 2. The molecule has 4 aromatic carbocycles. The molecule has 0 aliphatic carbocycles. The molecule has 4 fully saturated rings. The van der Waals surface area contributed by atoms with Crippen LogP contribution in [0, 0.1) is 0 Å². The van der Waals surface area contributed by atoms with Gasteiger partial charge >= 0.3 is 24.7 Å². The van der Waals surface area contributed by atoms with Crippen LogP contribution in [0.3, 0.4) is 0 Å². The van der Waals surface area contributed by atoms with E-state index in [1.54, 1.807) is 0 Å². The number of hydrogen-bond acceptors (Lipinski definition) is 6. The average molecular weight is 1030 g/mol. The van der Waals surface area contributed by atoms with Gasteiger partial charge in [0.2, 0.25) is 11.8 Å². The highest BCUT2D eigenvalue weighted by molar-refractivity contribution is 5.78. The zero-order chi connectivity index (χ0) is 52.4. The first-order chi connectivity index (χ1) is 33.6. The molecule has 0 saturated carbocycles. The van der Waals surface area contributed by atoms with E-state index in [1.165, 1.54) is 13.8 Å². The second-order valence-electron chi connectivity index (χ2n) is 19.6. The lowest BCUT2D eigenvalue weighted by molar-refractivity contribution is -0.145. The normalized spacial score (nSPS) is 26.0. The second kappa shape index (κ2) is 21.0. The van der Waals surface area contributed by atoms with Crippen LogP contribution in [-0.4, -0.2) is 49.2 Å². The van der Waals surface area contributed by atoms with Gasteiger partial charge in [-0.2, -0.15) is 52.7 Å². The molecule has 72 heavy (non-hydrogen) atoms. The molecule has 4 N–H and O–H groups in total. The van der Waals surface area contributed by atoms with E-state index < -0.39 is 70.2 Å². The lowest BCUT2D eigenvalue weighted by atomic mass is 9.73. The molecule has 4 aromatic rings. The van der Waals surface area contributed by atoms with Gasteiger partial charge in [-0.25, -0.2) is 0 Å². The SMILES string of the molecule is C[C@@H](OC[C@@]1(c2ccccc2)CC[C@@]2(CCCC(=O)N2)CN1)c1cc(C(F)(F)F)cc(C(F)(F)F)c1.C[C@@H](OC[C@@]1(c2ccccc2)CC[C@]2(CCCC(=O)N2)CN1)c1cc(C(F)(F)F)cc(C(F)(F)F)c1. The summed E-state index contributed by atoms with van der Waals surface area (Å²) in [5, 5.41) is 13.2. The zero-order valence-corrected chi connectivity index (χ0v) is 39.5. The van der Waals surface area contributed by atoms with Crippen molar-refractivity contribution in [2.24, 2.45) is 0 Å². The lowest BCUT2D eigenvalue weighted by Crippen LogP contribution is -2.65. The van der Waals surface area contributed by atoms with Crippen molar-refractivity contribution in [3.05, 3.63) is 142 Å². The summed E-state index contributed by atoms with van der Waals surface area (Å²) in [4.78, 5) is 24.0. The van der Waals surface area contributed by atoms with Gasteiger partial charge in [0, 0.05) is 25.9 Å². The first kappa shape index (κ1) is 54.6. The summed E-state index contributed by atoms with van der Waals surface area (Å²) in [6.07, 6.45) is -15.1. The highest BCUT2D eigenvalue weighted by atomic mass is 19.4. The van der Waals surface area contributed by atoms with Gasteiger partial charge in [-0.05, 0) is 124 Å². The number of amides is 2. The molecule has 0 aromatic heterocycles.